The van der Waals surface area contributed by atoms with Crippen LogP contribution in [0.5, 0.6) is 0 Å². The molecule has 0 amide bonds. The van der Waals surface area contributed by atoms with Crippen LogP contribution in [0.4, 0.5) is 0 Å². The Hall–Kier alpha value is -2.36. The van der Waals surface area contributed by atoms with Crippen LogP contribution in [0.15, 0.2) is 59.7 Å². The summed E-state index contributed by atoms with van der Waals surface area (Å²) in [4.78, 5) is 8.56. The monoisotopic (exact) mass is 296 g/mol. The molecule has 2 aromatic rings. The van der Waals surface area contributed by atoms with Gasteiger partial charge in [0.15, 0.2) is 5.96 Å². The van der Waals surface area contributed by atoms with Gasteiger partial charge in [-0.3, -0.25) is 9.98 Å². The van der Waals surface area contributed by atoms with Gasteiger partial charge in [-0.2, -0.15) is 0 Å². The number of hydrogen-bond acceptors (Lipinski definition) is 2. The SMILES string of the molecule is CN=C(NCc1ccccn1)N[C@@H](C)CCc1ccccc1. The summed E-state index contributed by atoms with van der Waals surface area (Å²) in [7, 11) is 1.79. The lowest BCUT2D eigenvalue weighted by Gasteiger charge is -2.17. The molecular formula is C18H24N4. The van der Waals surface area contributed by atoms with Crippen LogP contribution in [-0.4, -0.2) is 24.0 Å². The standard InChI is InChI=1S/C18H24N4/c1-15(11-12-16-8-4-3-5-9-16)22-18(19-2)21-14-17-10-6-7-13-20-17/h3-10,13,15H,11-12,14H2,1-2H3,(H2,19,21,22)/t15-/m0/s1. The highest BCUT2D eigenvalue weighted by Crippen LogP contribution is 2.04. The zero-order valence-electron chi connectivity index (χ0n) is 13.3. The first-order valence-electron chi connectivity index (χ1n) is 7.69. The van der Waals surface area contributed by atoms with E-state index >= 15 is 0 Å². The normalized spacial score (nSPS) is 12.7. The molecule has 1 aromatic carbocycles. The van der Waals surface area contributed by atoms with Crippen LogP contribution in [0.25, 0.3) is 0 Å². The molecular weight excluding hydrogens is 272 g/mol. The number of nitrogens with zero attached hydrogens (tertiary/aromatic N) is 2. The minimum absolute atomic E-state index is 0.357. The molecule has 2 rings (SSSR count). The fourth-order valence-corrected chi connectivity index (χ4v) is 2.21. The quantitative estimate of drug-likeness (QED) is 0.636. The molecule has 0 radical (unpaired) electrons. The predicted molar refractivity (Wildman–Crippen MR) is 91.8 cm³/mol. The molecule has 4 heteroatoms. The number of guanidine groups is 1. The third kappa shape index (κ3) is 5.56. The Kier molecular flexibility index (Phi) is 6.42. The van der Waals surface area contributed by atoms with Gasteiger partial charge in [0.1, 0.15) is 0 Å². The highest BCUT2D eigenvalue weighted by Gasteiger charge is 2.05. The maximum Gasteiger partial charge on any atom is 0.191 e. The molecule has 0 bridgehead atoms. The number of nitrogens with one attached hydrogen (secondary N) is 2. The zero-order chi connectivity index (χ0) is 15.6. The molecule has 0 aliphatic heterocycles. The van der Waals surface area contributed by atoms with Gasteiger partial charge in [0.2, 0.25) is 0 Å². The van der Waals surface area contributed by atoms with Crippen LogP contribution in [0.1, 0.15) is 24.6 Å². The van der Waals surface area contributed by atoms with Crippen molar-refractivity contribution in [3.8, 4) is 0 Å². The van der Waals surface area contributed by atoms with E-state index in [0.717, 1.165) is 24.5 Å². The molecule has 0 saturated heterocycles. The van der Waals surface area contributed by atoms with Gasteiger partial charge in [-0.1, -0.05) is 36.4 Å². The lowest BCUT2D eigenvalue weighted by molar-refractivity contribution is 0.592. The van der Waals surface area contributed by atoms with Crippen molar-refractivity contribution in [3.63, 3.8) is 0 Å². The number of aliphatic imine (C=N–C) groups is 1. The number of benzene rings is 1. The molecule has 0 aliphatic carbocycles. The summed E-state index contributed by atoms with van der Waals surface area (Å²) in [6.07, 6.45) is 3.93. The van der Waals surface area contributed by atoms with E-state index in [9.17, 15) is 0 Å². The van der Waals surface area contributed by atoms with Crippen molar-refractivity contribution < 1.29 is 0 Å². The highest BCUT2D eigenvalue weighted by atomic mass is 15.2. The molecule has 116 valence electrons. The first-order chi connectivity index (χ1) is 10.8. The third-order valence-electron chi connectivity index (χ3n) is 3.48. The molecule has 0 saturated carbocycles. The number of aryl methyl sites for hydroxylation is 1. The van der Waals surface area contributed by atoms with E-state index in [1.54, 1.807) is 13.2 Å². The zero-order valence-corrected chi connectivity index (χ0v) is 13.3. The summed E-state index contributed by atoms with van der Waals surface area (Å²) in [6, 6.07) is 16.8. The van der Waals surface area contributed by atoms with E-state index < -0.39 is 0 Å². The van der Waals surface area contributed by atoms with Gasteiger partial charge >= 0.3 is 0 Å². The Balaban J connectivity index is 1.75. The molecule has 0 unspecified atom stereocenters. The van der Waals surface area contributed by atoms with Gasteiger partial charge in [-0.05, 0) is 37.5 Å². The van der Waals surface area contributed by atoms with E-state index in [1.807, 2.05) is 18.2 Å². The average molecular weight is 296 g/mol. The van der Waals surface area contributed by atoms with Gasteiger partial charge in [0.05, 0.1) is 12.2 Å². The Bertz CT molecular complexity index is 566. The van der Waals surface area contributed by atoms with Crippen LogP contribution in [0, 0.1) is 0 Å². The molecule has 0 spiro atoms. The topological polar surface area (TPSA) is 49.3 Å². The molecule has 22 heavy (non-hydrogen) atoms. The van der Waals surface area contributed by atoms with Crippen molar-refractivity contribution in [1.29, 1.82) is 0 Å². The maximum atomic E-state index is 4.29. The van der Waals surface area contributed by atoms with Crippen molar-refractivity contribution in [2.45, 2.75) is 32.4 Å². The molecule has 4 nitrogen and oxygen atoms in total. The number of aromatic nitrogens is 1. The second-order valence-electron chi connectivity index (χ2n) is 5.32. The van der Waals surface area contributed by atoms with Crippen LogP contribution in [0.2, 0.25) is 0 Å². The number of rotatable bonds is 6. The summed E-state index contributed by atoms with van der Waals surface area (Å²) in [5.74, 6) is 0.811. The van der Waals surface area contributed by atoms with E-state index in [-0.39, 0.29) is 0 Å². The van der Waals surface area contributed by atoms with Crippen LogP contribution < -0.4 is 10.6 Å². The minimum Gasteiger partial charge on any atom is -0.354 e. The smallest absolute Gasteiger partial charge is 0.191 e. The first kappa shape index (κ1) is 16.0. The van der Waals surface area contributed by atoms with Crippen LogP contribution in [0.3, 0.4) is 0 Å². The van der Waals surface area contributed by atoms with E-state index in [0.29, 0.717) is 12.6 Å². The number of hydrogen-bond donors (Lipinski definition) is 2. The first-order valence-corrected chi connectivity index (χ1v) is 7.69. The maximum absolute atomic E-state index is 4.29. The van der Waals surface area contributed by atoms with Gasteiger partial charge in [-0.25, -0.2) is 0 Å². The van der Waals surface area contributed by atoms with E-state index in [2.05, 4.69) is 57.9 Å². The van der Waals surface area contributed by atoms with Gasteiger partial charge < -0.3 is 10.6 Å². The largest absolute Gasteiger partial charge is 0.354 e. The molecule has 2 N–H and O–H groups in total. The van der Waals surface area contributed by atoms with Crippen molar-refractivity contribution in [2.24, 2.45) is 4.99 Å². The molecule has 1 heterocycles. The molecule has 0 aliphatic rings. The predicted octanol–water partition coefficient (Wildman–Crippen LogP) is 2.77. The van der Waals surface area contributed by atoms with Gasteiger partial charge in [0, 0.05) is 19.3 Å². The van der Waals surface area contributed by atoms with E-state index in [1.165, 1.54) is 5.56 Å². The Labute approximate surface area is 132 Å². The van der Waals surface area contributed by atoms with Crippen LogP contribution >= 0.6 is 0 Å². The fraction of sp³-hybridized carbons (Fsp3) is 0.333. The summed E-state index contributed by atoms with van der Waals surface area (Å²) in [5, 5.41) is 6.71. The average Bonchev–Trinajstić information content (AvgIpc) is 2.58. The minimum atomic E-state index is 0.357. The van der Waals surface area contributed by atoms with Crippen molar-refractivity contribution in [2.75, 3.05) is 7.05 Å². The summed E-state index contributed by atoms with van der Waals surface area (Å²) in [6.45, 7) is 2.85. The van der Waals surface area contributed by atoms with Crippen molar-refractivity contribution in [1.82, 2.24) is 15.6 Å². The lowest BCUT2D eigenvalue weighted by Crippen LogP contribution is -2.42. The van der Waals surface area contributed by atoms with Crippen molar-refractivity contribution >= 4 is 5.96 Å². The van der Waals surface area contributed by atoms with Gasteiger partial charge in [0.25, 0.3) is 0 Å². The van der Waals surface area contributed by atoms with Crippen LogP contribution in [-0.2, 0) is 13.0 Å². The summed E-state index contributed by atoms with van der Waals surface area (Å²) >= 11 is 0. The molecule has 0 fully saturated rings. The van der Waals surface area contributed by atoms with E-state index in [4.69, 9.17) is 0 Å². The molecule has 1 atom stereocenters. The Morgan fingerprint density at radius 2 is 1.91 bits per heavy atom. The number of pyridine rings is 1. The fourth-order valence-electron chi connectivity index (χ4n) is 2.21. The lowest BCUT2D eigenvalue weighted by atomic mass is 10.1. The molecule has 1 aromatic heterocycles. The second kappa shape index (κ2) is 8.82. The van der Waals surface area contributed by atoms with Gasteiger partial charge in [-0.15, -0.1) is 0 Å². The Morgan fingerprint density at radius 1 is 1.14 bits per heavy atom. The third-order valence-corrected chi connectivity index (χ3v) is 3.48. The second-order valence-corrected chi connectivity index (χ2v) is 5.32. The van der Waals surface area contributed by atoms with Crippen molar-refractivity contribution in [3.05, 3.63) is 66.0 Å². The summed E-state index contributed by atoms with van der Waals surface area (Å²) in [5.41, 5.74) is 2.37. The highest BCUT2D eigenvalue weighted by molar-refractivity contribution is 5.79. The Morgan fingerprint density at radius 3 is 2.59 bits per heavy atom. The summed E-state index contributed by atoms with van der Waals surface area (Å²) < 4.78 is 0.